The number of anilines is 1. The average molecular weight is 406 g/mol. The summed E-state index contributed by atoms with van der Waals surface area (Å²) in [6, 6.07) is 9.77. The minimum atomic E-state index is -0.0602. The first-order valence-electron chi connectivity index (χ1n) is 10.3. The number of piperidine rings is 1. The highest BCUT2D eigenvalue weighted by Crippen LogP contribution is 2.25. The molecule has 3 aromatic rings. The van der Waals surface area contributed by atoms with Gasteiger partial charge in [0.2, 0.25) is 5.91 Å². The molecule has 0 spiro atoms. The van der Waals surface area contributed by atoms with Crippen molar-refractivity contribution in [1.29, 1.82) is 0 Å². The molecule has 1 N–H and O–H groups in total. The molecule has 4 rings (SSSR count). The molecule has 1 aliphatic rings. The molecule has 7 heteroatoms. The number of fused-ring (bicyclic) bond motifs is 1. The highest BCUT2D eigenvalue weighted by molar-refractivity contribution is 5.80. The van der Waals surface area contributed by atoms with E-state index in [1.54, 1.807) is 7.11 Å². The van der Waals surface area contributed by atoms with Crippen LogP contribution in [0.15, 0.2) is 36.5 Å². The molecule has 0 radical (unpaired) electrons. The first-order valence-corrected chi connectivity index (χ1v) is 10.3. The van der Waals surface area contributed by atoms with Gasteiger partial charge in [0.25, 0.3) is 0 Å². The summed E-state index contributed by atoms with van der Waals surface area (Å²) in [6.07, 6.45) is 3.68. The fraction of sp³-hybridized carbons (Fsp3) is 0.391. The van der Waals surface area contributed by atoms with Gasteiger partial charge in [0.05, 0.1) is 36.3 Å². The number of para-hydroxylation sites is 1. The molecule has 0 saturated carbocycles. The molecule has 0 unspecified atom stereocenters. The van der Waals surface area contributed by atoms with Crippen LogP contribution in [0.5, 0.6) is 5.75 Å². The van der Waals surface area contributed by atoms with E-state index in [4.69, 9.17) is 4.74 Å². The topological polar surface area (TPSA) is 80.2 Å². The van der Waals surface area contributed by atoms with Gasteiger partial charge >= 0.3 is 0 Å². The van der Waals surface area contributed by atoms with Gasteiger partial charge in [-0.1, -0.05) is 18.2 Å². The second kappa shape index (κ2) is 8.65. The van der Waals surface area contributed by atoms with Gasteiger partial charge in [-0.25, -0.2) is 15.0 Å². The summed E-state index contributed by atoms with van der Waals surface area (Å²) in [5.41, 5.74) is 5.22. The lowest BCUT2D eigenvalue weighted by atomic mass is 9.96. The van der Waals surface area contributed by atoms with Gasteiger partial charge in [-0.2, -0.15) is 0 Å². The molecule has 1 aliphatic heterocycles. The smallest absolute Gasteiger partial charge is 0.225 e. The predicted octanol–water partition coefficient (Wildman–Crippen LogP) is 3.18. The van der Waals surface area contributed by atoms with E-state index in [-0.39, 0.29) is 11.8 Å². The maximum absolute atomic E-state index is 12.8. The molecule has 1 aromatic carbocycles. The lowest BCUT2D eigenvalue weighted by Gasteiger charge is -2.33. The van der Waals surface area contributed by atoms with Crippen LogP contribution in [0.25, 0.3) is 11.2 Å². The van der Waals surface area contributed by atoms with Crippen LogP contribution in [0.4, 0.5) is 5.69 Å². The molecule has 1 atom stereocenters. The van der Waals surface area contributed by atoms with Crippen molar-refractivity contribution in [3.63, 3.8) is 0 Å². The number of amides is 1. The van der Waals surface area contributed by atoms with Crippen LogP contribution in [-0.4, -0.2) is 41.1 Å². The van der Waals surface area contributed by atoms with E-state index in [9.17, 15) is 4.79 Å². The number of aromatic nitrogens is 3. The Morgan fingerprint density at radius 3 is 2.87 bits per heavy atom. The summed E-state index contributed by atoms with van der Waals surface area (Å²) in [4.78, 5) is 28.7. The zero-order chi connectivity index (χ0) is 21.1. The van der Waals surface area contributed by atoms with Crippen molar-refractivity contribution in [2.45, 2.75) is 33.2 Å². The number of pyridine rings is 1. The Kier molecular flexibility index (Phi) is 5.79. The summed E-state index contributed by atoms with van der Waals surface area (Å²) in [6.45, 7) is 5.93. The molecule has 156 valence electrons. The highest BCUT2D eigenvalue weighted by atomic mass is 16.5. The molecule has 0 bridgehead atoms. The SMILES string of the molecule is COc1ccccc1CNC(=O)[C@@H]1CCCN(c2cnc3nc(C)c(C)nc3c2)C1. The van der Waals surface area contributed by atoms with Crippen molar-refractivity contribution in [3.05, 3.63) is 53.5 Å². The third-order valence-electron chi connectivity index (χ3n) is 5.72. The van der Waals surface area contributed by atoms with Crippen molar-refractivity contribution in [2.75, 3.05) is 25.1 Å². The van der Waals surface area contributed by atoms with Gasteiger partial charge in [0, 0.05) is 25.2 Å². The Morgan fingerprint density at radius 1 is 1.23 bits per heavy atom. The third kappa shape index (κ3) is 4.20. The number of benzene rings is 1. The molecule has 30 heavy (non-hydrogen) atoms. The molecule has 1 saturated heterocycles. The van der Waals surface area contributed by atoms with Crippen molar-refractivity contribution in [1.82, 2.24) is 20.3 Å². The van der Waals surface area contributed by atoms with Crippen LogP contribution in [0, 0.1) is 19.8 Å². The summed E-state index contributed by atoms with van der Waals surface area (Å²) in [5.74, 6) is 0.803. The Balaban J connectivity index is 1.44. The number of methoxy groups -OCH3 is 1. The number of nitrogens with one attached hydrogen (secondary N) is 1. The van der Waals surface area contributed by atoms with E-state index in [0.717, 1.165) is 53.3 Å². The zero-order valence-electron chi connectivity index (χ0n) is 17.7. The fourth-order valence-corrected chi connectivity index (χ4v) is 3.88. The Labute approximate surface area is 176 Å². The van der Waals surface area contributed by atoms with Crippen molar-refractivity contribution in [3.8, 4) is 5.75 Å². The van der Waals surface area contributed by atoms with Gasteiger partial charge in [-0.3, -0.25) is 4.79 Å². The zero-order valence-corrected chi connectivity index (χ0v) is 17.7. The van der Waals surface area contributed by atoms with Crippen LogP contribution in [0.1, 0.15) is 29.8 Å². The number of carbonyl (C=O) groups excluding carboxylic acids is 1. The molecule has 2 aromatic heterocycles. The van der Waals surface area contributed by atoms with Crippen LogP contribution in [0.3, 0.4) is 0 Å². The monoisotopic (exact) mass is 405 g/mol. The molecule has 7 nitrogen and oxygen atoms in total. The standard InChI is InChI=1S/C23H27N5O2/c1-15-16(2)27-22-20(26-15)11-19(13-24-22)28-10-6-8-18(14-28)23(29)25-12-17-7-4-5-9-21(17)30-3/h4-5,7,9,11,13,18H,6,8,10,12,14H2,1-3H3,(H,25,29)/t18-/m1/s1. The summed E-state index contributed by atoms with van der Waals surface area (Å²) in [5, 5.41) is 3.08. The Bertz CT molecular complexity index is 1070. The predicted molar refractivity (Wildman–Crippen MR) is 117 cm³/mol. The molecular formula is C23H27N5O2. The van der Waals surface area contributed by atoms with Gasteiger partial charge in [-0.05, 0) is 38.8 Å². The van der Waals surface area contributed by atoms with E-state index in [2.05, 4.69) is 25.2 Å². The lowest BCUT2D eigenvalue weighted by molar-refractivity contribution is -0.125. The van der Waals surface area contributed by atoms with E-state index in [0.29, 0.717) is 18.7 Å². The third-order valence-corrected chi connectivity index (χ3v) is 5.72. The lowest BCUT2D eigenvalue weighted by Crippen LogP contribution is -2.43. The van der Waals surface area contributed by atoms with Crippen LogP contribution in [0.2, 0.25) is 0 Å². The van der Waals surface area contributed by atoms with Gasteiger partial charge in [-0.15, -0.1) is 0 Å². The largest absolute Gasteiger partial charge is 0.496 e. The molecule has 1 amide bonds. The maximum Gasteiger partial charge on any atom is 0.225 e. The molecule has 3 heterocycles. The first kappa shape index (κ1) is 20.1. The number of carbonyl (C=O) groups is 1. The van der Waals surface area contributed by atoms with Crippen LogP contribution in [-0.2, 0) is 11.3 Å². The van der Waals surface area contributed by atoms with Gasteiger partial charge in [0.1, 0.15) is 11.3 Å². The number of aryl methyl sites for hydroxylation is 2. The minimum Gasteiger partial charge on any atom is -0.496 e. The summed E-state index contributed by atoms with van der Waals surface area (Å²) < 4.78 is 5.37. The molecular weight excluding hydrogens is 378 g/mol. The summed E-state index contributed by atoms with van der Waals surface area (Å²) in [7, 11) is 1.64. The van der Waals surface area contributed by atoms with Crippen LogP contribution < -0.4 is 15.0 Å². The molecule has 1 fully saturated rings. The van der Waals surface area contributed by atoms with E-state index < -0.39 is 0 Å². The summed E-state index contributed by atoms with van der Waals surface area (Å²) >= 11 is 0. The maximum atomic E-state index is 12.8. The second-order valence-electron chi connectivity index (χ2n) is 7.75. The number of hydrogen-bond donors (Lipinski definition) is 1. The van der Waals surface area contributed by atoms with Gasteiger partial charge in [0.15, 0.2) is 5.65 Å². The second-order valence-corrected chi connectivity index (χ2v) is 7.75. The Morgan fingerprint density at radius 2 is 2.03 bits per heavy atom. The number of ether oxygens (including phenoxy) is 1. The molecule has 0 aliphatic carbocycles. The average Bonchev–Trinajstić information content (AvgIpc) is 2.78. The fourth-order valence-electron chi connectivity index (χ4n) is 3.88. The normalized spacial score (nSPS) is 16.5. The van der Waals surface area contributed by atoms with Crippen LogP contribution >= 0.6 is 0 Å². The quantitative estimate of drug-likeness (QED) is 0.702. The minimum absolute atomic E-state index is 0.0602. The number of rotatable bonds is 5. The van der Waals surface area contributed by atoms with E-state index >= 15 is 0 Å². The first-order chi connectivity index (χ1) is 14.5. The highest BCUT2D eigenvalue weighted by Gasteiger charge is 2.26. The van der Waals surface area contributed by atoms with E-state index in [1.807, 2.05) is 50.4 Å². The number of hydrogen-bond acceptors (Lipinski definition) is 6. The van der Waals surface area contributed by atoms with Crippen molar-refractivity contribution >= 4 is 22.8 Å². The number of nitrogens with zero attached hydrogens (tertiary/aromatic N) is 4. The van der Waals surface area contributed by atoms with Gasteiger partial charge < -0.3 is 15.0 Å². The van der Waals surface area contributed by atoms with E-state index in [1.165, 1.54) is 0 Å². The van der Waals surface area contributed by atoms with Crippen molar-refractivity contribution in [2.24, 2.45) is 5.92 Å². The van der Waals surface area contributed by atoms with Crippen molar-refractivity contribution < 1.29 is 9.53 Å². The Hall–Kier alpha value is -3.22.